The molecule has 0 aromatic carbocycles. The number of thiocarbonyl (C=S) groups is 1. The van der Waals surface area contributed by atoms with Crippen LogP contribution < -0.4 is 11.1 Å². The summed E-state index contributed by atoms with van der Waals surface area (Å²) in [6.07, 6.45) is 5.60. The molecule has 1 aliphatic rings. The molecular formula is C14H22N4S. The fourth-order valence-electron chi connectivity index (χ4n) is 2.52. The maximum atomic E-state index is 5.76. The predicted molar refractivity (Wildman–Crippen MR) is 83.6 cm³/mol. The third kappa shape index (κ3) is 3.88. The number of nitrogens with two attached hydrogens (primary N) is 1. The van der Waals surface area contributed by atoms with Crippen molar-refractivity contribution in [3.63, 3.8) is 0 Å². The molecule has 0 unspecified atom stereocenters. The summed E-state index contributed by atoms with van der Waals surface area (Å²) in [7, 11) is 0. The first kappa shape index (κ1) is 14.2. The second kappa shape index (κ2) is 6.82. The van der Waals surface area contributed by atoms with Gasteiger partial charge in [-0.3, -0.25) is 0 Å². The van der Waals surface area contributed by atoms with Crippen LogP contribution in [0.5, 0.6) is 0 Å². The monoisotopic (exact) mass is 278 g/mol. The minimum atomic E-state index is 0.410. The van der Waals surface area contributed by atoms with Crippen LogP contribution in [0.4, 0.5) is 5.82 Å². The first-order chi connectivity index (χ1) is 9.18. The van der Waals surface area contributed by atoms with E-state index in [1.807, 2.05) is 13.0 Å². The molecule has 2 rings (SSSR count). The maximum Gasteiger partial charge on any atom is 0.136 e. The highest BCUT2D eigenvalue weighted by molar-refractivity contribution is 7.80. The minimum Gasteiger partial charge on any atom is -0.389 e. The van der Waals surface area contributed by atoms with Crippen molar-refractivity contribution >= 4 is 23.0 Å². The van der Waals surface area contributed by atoms with Crippen LogP contribution in [0.3, 0.4) is 0 Å². The fourth-order valence-corrected chi connectivity index (χ4v) is 2.78. The van der Waals surface area contributed by atoms with Gasteiger partial charge in [0.1, 0.15) is 10.8 Å². The van der Waals surface area contributed by atoms with Gasteiger partial charge in [0.2, 0.25) is 0 Å². The molecule has 0 aliphatic carbocycles. The Kier molecular flexibility index (Phi) is 5.10. The predicted octanol–water partition coefficient (Wildman–Crippen LogP) is 1.92. The van der Waals surface area contributed by atoms with Crippen molar-refractivity contribution in [3.8, 4) is 0 Å². The lowest BCUT2D eigenvalue weighted by Crippen LogP contribution is -2.23. The van der Waals surface area contributed by atoms with E-state index in [0.29, 0.717) is 4.99 Å². The standard InChI is InChI=1S/C14H22N4S/c1-11-5-7-17-14(12(11)13(15)19)16-6-4-10-18-8-2-3-9-18/h5,7H,2-4,6,8-10H2,1H3,(H2,15,19)(H,16,17). The summed E-state index contributed by atoms with van der Waals surface area (Å²) in [5.74, 6) is 0.814. The van der Waals surface area contributed by atoms with Crippen LogP contribution in [0.1, 0.15) is 30.4 Å². The Hall–Kier alpha value is -1.20. The molecule has 1 aromatic heterocycles. The van der Waals surface area contributed by atoms with E-state index in [1.54, 1.807) is 6.20 Å². The van der Waals surface area contributed by atoms with E-state index in [4.69, 9.17) is 18.0 Å². The molecule has 4 nitrogen and oxygen atoms in total. The third-order valence-electron chi connectivity index (χ3n) is 3.55. The number of hydrogen-bond acceptors (Lipinski definition) is 4. The number of anilines is 1. The molecule has 1 aromatic rings. The van der Waals surface area contributed by atoms with Gasteiger partial charge in [-0.05, 0) is 57.5 Å². The summed E-state index contributed by atoms with van der Waals surface area (Å²) >= 11 is 5.09. The molecule has 0 bridgehead atoms. The Morgan fingerprint density at radius 1 is 1.47 bits per heavy atom. The summed E-state index contributed by atoms with van der Waals surface area (Å²) in [6.45, 7) is 6.57. The zero-order valence-corrected chi connectivity index (χ0v) is 12.3. The van der Waals surface area contributed by atoms with Crippen LogP contribution in [-0.4, -0.2) is 41.1 Å². The van der Waals surface area contributed by atoms with Crippen molar-refractivity contribution in [1.29, 1.82) is 0 Å². The van der Waals surface area contributed by atoms with Gasteiger partial charge in [0.25, 0.3) is 0 Å². The topological polar surface area (TPSA) is 54.2 Å². The highest BCUT2D eigenvalue weighted by Gasteiger charge is 2.11. The lowest BCUT2D eigenvalue weighted by molar-refractivity contribution is 0.337. The van der Waals surface area contributed by atoms with E-state index in [9.17, 15) is 0 Å². The Morgan fingerprint density at radius 2 is 2.21 bits per heavy atom. The van der Waals surface area contributed by atoms with Crippen molar-refractivity contribution in [1.82, 2.24) is 9.88 Å². The molecule has 104 valence electrons. The minimum absolute atomic E-state index is 0.410. The molecule has 0 spiro atoms. The van der Waals surface area contributed by atoms with Crippen molar-refractivity contribution < 1.29 is 0 Å². The highest BCUT2D eigenvalue weighted by atomic mass is 32.1. The average Bonchev–Trinajstić information content (AvgIpc) is 2.87. The third-order valence-corrected chi connectivity index (χ3v) is 3.75. The SMILES string of the molecule is Cc1ccnc(NCCCN2CCCC2)c1C(N)=S. The Balaban J connectivity index is 1.85. The fraction of sp³-hybridized carbons (Fsp3) is 0.571. The van der Waals surface area contributed by atoms with E-state index < -0.39 is 0 Å². The Morgan fingerprint density at radius 3 is 2.89 bits per heavy atom. The van der Waals surface area contributed by atoms with Crippen molar-refractivity contribution in [2.24, 2.45) is 5.73 Å². The lowest BCUT2D eigenvalue weighted by atomic mass is 10.1. The molecule has 0 radical (unpaired) electrons. The van der Waals surface area contributed by atoms with Crippen LogP contribution in [-0.2, 0) is 0 Å². The normalized spacial score (nSPS) is 15.6. The second-order valence-corrected chi connectivity index (χ2v) is 5.48. The van der Waals surface area contributed by atoms with E-state index in [0.717, 1.165) is 36.5 Å². The molecule has 1 saturated heterocycles. The second-order valence-electron chi connectivity index (χ2n) is 5.04. The summed E-state index contributed by atoms with van der Waals surface area (Å²) in [5.41, 5.74) is 7.71. The summed E-state index contributed by atoms with van der Waals surface area (Å²) < 4.78 is 0. The summed E-state index contributed by atoms with van der Waals surface area (Å²) in [4.78, 5) is 7.26. The maximum absolute atomic E-state index is 5.76. The van der Waals surface area contributed by atoms with Gasteiger partial charge in [0.15, 0.2) is 0 Å². The zero-order valence-electron chi connectivity index (χ0n) is 11.5. The van der Waals surface area contributed by atoms with Crippen molar-refractivity contribution in [2.75, 3.05) is 31.5 Å². The van der Waals surface area contributed by atoms with Crippen molar-refractivity contribution in [3.05, 3.63) is 23.4 Å². The van der Waals surface area contributed by atoms with Crippen LogP contribution in [0, 0.1) is 6.92 Å². The number of likely N-dealkylation sites (tertiary alicyclic amines) is 1. The molecular weight excluding hydrogens is 256 g/mol. The highest BCUT2D eigenvalue weighted by Crippen LogP contribution is 2.16. The first-order valence-electron chi connectivity index (χ1n) is 6.90. The molecule has 2 heterocycles. The van der Waals surface area contributed by atoms with Gasteiger partial charge in [0.05, 0.1) is 5.56 Å². The molecule has 0 atom stereocenters. The molecule has 0 saturated carbocycles. The van der Waals surface area contributed by atoms with Crippen LogP contribution in [0.2, 0.25) is 0 Å². The van der Waals surface area contributed by atoms with E-state index in [2.05, 4.69) is 15.2 Å². The largest absolute Gasteiger partial charge is 0.389 e. The summed E-state index contributed by atoms with van der Waals surface area (Å²) in [6, 6.07) is 1.93. The van der Waals surface area contributed by atoms with E-state index >= 15 is 0 Å². The molecule has 3 N–H and O–H groups in total. The number of rotatable bonds is 6. The van der Waals surface area contributed by atoms with E-state index in [-0.39, 0.29) is 0 Å². The van der Waals surface area contributed by atoms with Gasteiger partial charge < -0.3 is 16.0 Å². The number of aromatic nitrogens is 1. The van der Waals surface area contributed by atoms with Gasteiger partial charge in [-0.15, -0.1) is 0 Å². The van der Waals surface area contributed by atoms with Gasteiger partial charge in [0, 0.05) is 12.7 Å². The molecule has 0 amide bonds. The Bertz CT molecular complexity index is 441. The van der Waals surface area contributed by atoms with Crippen molar-refractivity contribution in [2.45, 2.75) is 26.2 Å². The number of aryl methyl sites for hydroxylation is 1. The number of nitrogens with one attached hydrogen (secondary N) is 1. The molecule has 19 heavy (non-hydrogen) atoms. The smallest absolute Gasteiger partial charge is 0.136 e. The van der Waals surface area contributed by atoms with Crippen LogP contribution in [0.25, 0.3) is 0 Å². The van der Waals surface area contributed by atoms with Gasteiger partial charge in [-0.25, -0.2) is 4.98 Å². The van der Waals surface area contributed by atoms with Gasteiger partial charge in [-0.2, -0.15) is 0 Å². The molecule has 5 heteroatoms. The van der Waals surface area contributed by atoms with Gasteiger partial charge >= 0.3 is 0 Å². The van der Waals surface area contributed by atoms with Gasteiger partial charge in [-0.1, -0.05) is 12.2 Å². The quantitative estimate of drug-likeness (QED) is 0.615. The summed E-state index contributed by atoms with van der Waals surface area (Å²) in [5, 5.41) is 3.35. The molecule has 1 aliphatic heterocycles. The average molecular weight is 278 g/mol. The number of pyridine rings is 1. The number of nitrogens with zero attached hydrogens (tertiary/aromatic N) is 2. The van der Waals surface area contributed by atoms with Crippen LogP contribution >= 0.6 is 12.2 Å². The number of hydrogen-bond donors (Lipinski definition) is 2. The van der Waals surface area contributed by atoms with Crippen LogP contribution in [0.15, 0.2) is 12.3 Å². The zero-order chi connectivity index (χ0) is 13.7. The lowest BCUT2D eigenvalue weighted by Gasteiger charge is -2.16. The first-order valence-corrected chi connectivity index (χ1v) is 7.31. The molecule has 1 fully saturated rings. The van der Waals surface area contributed by atoms with E-state index in [1.165, 1.54) is 25.9 Å². The Labute approximate surface area is 120 Å².